The Balaban J connectivity index is 2.57. The average molecular weight is 297 g/mol. The lowest BCUT2D eigenvalue weighted by molar-refractivity contribution is 0.103. The molecule has 0 aliphatic carbocycles. The van der Waals surface area contributed by atoms with Crippen LogP contribution < -0.4 is 4.74 Å². The molecule has 5 heteroatoms. The number of benzene rings is 2. The molecule has 0 heterocycles. The van der Waals surface area contributed by atoms with Gasteiger partial charge in [0.05, 0.1) is 17.7 Å². The molecule has 2 aromatic rings. The second-order valence-corrected chi connectivity index (χ2v) is 4.61. The van der Waals surface area contributed by atoms with Crippen LogP contribution in [0.15, 0.2) is 30.3 Å². The Morgan fingerprint density at radius 3 is 2.35 bits per heavy atom. The van der Waals surface area contributed by atoms with Gasteiger partial charge < -0.3 is 4.74 Å². The molecule has 0 amide bonds. The molecule has 0 aliphatic heterocycles. The number of hydrogen-bond donors (Lipinski definition) is 0. The molecule has 0 unspecified atom stereocenters. The second kappa shape index (κ2) is 5.59. The minimum absolute atomic E-state index is 0.00638. The SMILES string of the molecule is COc1cc(F)c(C(=O)c2cccc(C)c2Cl)c(F)c1. The highest BCUT2D eigenvalue weighted by Crippen LogP contribution is 2.27. The number of carbonyl (C=O) groups excluding carboxylic acids is 1. The first-order chi connectivity index (χ1) is 9.45. The molecule has 2 rings (SSSR count). The van der Waals surface area contributed by atoms with E-state index in [0.29, 0.717) is 5.56 Å². The predicted octanol–water partition coefficient (Wildman–Crippen LogP) is 4.17. The van der Waals surface area contributed by atoms with Gasteiger partial charge in [0.2, 0.25) is 0 Å². The van der Waals surface area contributed by atoms with E-state index in [1.165, 1.54) is 13.2 Å². The van der Waals surface area contributed by atoms with Crippen molar-refractivity contribution < 1.29 is 18.3 Å². The van der Waals surface area contributed by atoms with E-state index in [9.17, 15) is 13.6 Å². The molecule has 0 saturated heterocycles. The van der Waals surface area contributed by atoms with Crippen LogP contribution in [0.2, 0.25) is 5.02 Å². The third-order valence-electron chi connectivity index (χ3n) is 2.91. The van der Waals surface area contributed by atoms with Crippen molar-refractivity contribution in [1.29, 1.82) is 0 Å². The summed E-state index contributed by atoms with van der Waals surface area (Å²) < 4.78 is 32.5. The van der Waals surface area contributed by atoms with Gasteiger partial charge in [-0.2, -0.15) is 0 Å². The van der Waals surface area contributed by atoms with Crippen LogP contribution in [-0.2, 0) is 0 Å². The minimum atomic E-state index is -0.982. The van der Waals surface area contributed by atoms with Crippen LogP contribution >= 0.6 is 11.6 Å². The van der Waals surface area contributed by atoms with E-state index in [0.717, 1.165) is 12.1 Å². The number of hydrogen-bond acceptors (Lipinski definition) is 2. The van der Waals surface area contributed by atoms with Crippen molar-refractivity contribution in [3.8, 4) is 5.75 Å². The van der Waals surface area contributed by atoms with E-state index >= 15 is 0 Å². The van der Waals surface area contributed by atoms with E-state index in [4.69, 9.17) is 16.3 Å². The van der Waals surface area contributed by atoms with E-state index in [2.05, 4.69) is 0 Å². The maximum atomic E-state index is 13.9. The van der Waals surface area contributed by atoms with Gasteiger partial charge in [-0.15, -0.1) is 0 Å². The van der Waals surface area contributed by atoms with Gasteiger partial charge in [-0.25, -0.2) is 8.78 Å². The zero-order valence-corrected chi connectivity index (χ0v) is 11.6. The molecule has 0 atom stereocenters. The van der Waals surface area contributed by atoms with Crippen LogP contribution in [0.25, 0.3) is 0 Å². The molecule has 0 fully saturated rings. The zero-order valence-electron chi connectivity index (χ0n) is 10.8. The molecule has 104 valence electrons. The van der Waals surface area contributed by atoms with Gasteiger partial charge in [-0.3, -0.25) is 4.79 Å². The normalized spacial score (nSPS) is 10.4. The summed E-state index contributed by atoms with van der Waals surface area (Å²) in [6.07, 6.45) is 0. The molecule has 0 N–H and O–H groups in total. The predicted molar refractivity (Wildman–Crippen MR) is 72.5 cm³/mol. The van der Waals surface area contributed by atoms with Gasteiger partial charge in [0.15, 0.2) is 5.78 Å². The summed E-state index contributed by atoms with van der Waals surface area (Å²) in [5.74, 6) is -2.75. The smallest absolute Gasteiger partial charge is 0.200 e. The van der Waals surface area contributed by atoms with Crippen LogP contribution in [0.3, 0.4) is 0 Å². The highest BCUT2D eigenvalue weighted by atomic mass is 35.5. The monoisotopic (exact) mass is 296 g/mol. The van der Waals surface area contributed by atoms with E-state index in [1.54, 1.807) is 19.1 Å². The lowest BCUT2D eigenvalue weighted by Crippen LogP contribution is -2.09. The summed E-state index contributed by atoms with van der Waals surface area (Å²) in [4.78, 5) is 12.3. The van der Waals surface area contributed by atoms with Gasteiger partial charge in [-0.1, -0.05) is 23.7 Å². The van der Waals surface area contributed by atoms with Crippen molar-refractivity contribution in [1.82, 2.24) is 0 Å². The lowest BCUT2D eigenvalue weighted by atomic mass is 10.0. The van der Waals surface area contributed by atoms with Crippen LogP contribution in [-0.4, -0.2) is 12.9 Å². The third kappa shape index (κ3) is 2.51. The number of methoxy groups -OCH3 is 1. The summed E-state index contributed by atoms with van der Waals surface area (Å²) in [7, 11) is 1.28. The van der Waals surface area contributed by atoms with Crippen LogP contribution in [0, 0.1) is 18.6 Å². The fraction of sp³-hybridized carbons (Fsp3) is 0.133. The number of rotatable bonds is 3. The molecular weight excluding hydrogens is 286 g/mol. The number of halogens is 3. The Kier molecular flexibility index (Phi) is 4.04. The van der Waals surface area contributed by atoms with Crippen molar-refractivity contribution in [2.45, 2.75) is 6.92 Å². The Labute approximate surface area is 119 Å². The largest absolute Gasteiger partial charge is 0.497 e. The molecule has 0 bridgehead atoms. The summed E-state index contributed by atoms with van der Waals surface area (Å²) in [5.41, 5.74) is 0.0831. The molecule has 20 heavy (non-hydrogen) atoms. The average Bonchev–Trinajstić information content (AvgIpc) is 2.40. The first-order valence-corrected chi connectivity index (χ1v) is 6.16. The highest BCUT2D eigenvalue weighted by Gasteiger charge is 2.22. The molecule has 0 aromatic heterocycles. The second-order valence-electron chi connectivity index (χ2n) is 4.23. The van der Waals surface area contributed by atoms with E-state index in [1.807, 2.05) is 0 Å². The van der Waals surface area contributed by atoms with Gasteiger partial charge in [0.1, 0.15) is 17.4 Å². The number of ether oxygens (including phenoxy) is 1. The summed E-state index contributed by atoms with van der Waals surface area (Å²) in [5, 5.41) is 0.187. The first-order valence-electron chi connectivity index (χ1n) is 5.78. The van der Waals surface area contributed by atoms with Crippen LogP contribution in [0.1, 0.15) is 21.5 Å². The fourth-order valence-corrected chi connectivity index (χ4v) is 2.05. The summed E-state index contributed by atoms with van der Waals surface area (Å²) >= 11 is 6.01. The minimum Gasteiger partial charge on any atom is -0.497 e. The summed E-state index contributed by atoms with van der Waals surface area (Å²) in [6.45, 7) is 1.71. The van der Waals surface area contributed by atoms with E-state index < -0.39 is 23.0 Å². The van der Waals surface area contributed by atoms with Crippen molar-refractivity contribution in [3.05, 3.63) is 63.7 Å². The van der Waals surface area contributed by atoms with E-state index in [-0.39, 0.29) is 16.3 Å². The fourth-order valence-electron chi connectivity index (χ4n) is 1.84. The van der Waals surface area contributed by atoms with Crippen LogP contribution in [0.4, 0.5) is 8.78 Å². The Morgan fingerprint density at radius 2 is 1.80 bits per heavy atom. The van der Waals surface area contributed by atoms with Crippen molar-refractivity contribution in [3.63, 3.8) is 0 Å². The Hall–Kier alpha value is -1.94. The van der Waals surface area contributed by atoms with Crippen LogP contribution in [0.5, 0.6) is 5.75 Å². The molecule has 0 saturated carbocycles. The Morgan fingerprint density at radius 1 is 1.20 bits per heavy atom. The lowest BCUT2D eigenvalue weighted by Gasteiger charge is -2.09. The molecule has 2 nitrogen and oxygen atoms in total. The third-order valence-corrected chi connectivity index (χ3v) is 3.42. The molecule has 0 spiro atoms. The quantitative estimate of drug-likeness (QED) is 0.795. The van der Waals surface area contributed by atoms with Gasteiger partial charge in [-0.05, 0) is 18.6 Å². The molecular formula is C15H11ClF2O2. The highest BCUT2D eigenvalue weighted by molar-refractivity contribution is 6.35. The maximum absolute atomic E-state index is 13.9. The van der Waals surface area contributed by atoms with Crippen molar-refractivity contribution in [2.24, 2.45) is 0 Å². The van der Waals surface area contributed by atoms with Gasteiger partial charge in [0.25, 0.3) is 0 Å². The number of aryl methyl sites for hydroxylation is 1. The van der Waals surface area contributed by atoms with Crippen molar-refractivity contribution >= 4 is 17.4 Å². The zero-order chi connectivity index (χ0) is 14.9. The first kappa shape index (κ1) is 14.5. The molecule has 0 aliphatic rings. The molecule has 0 radical (unpaired) electrons. The summed E-state index contributed by atoms with van der Waals surface area (Å²) in [6, 6.07) is 6.66. The molecule has 2 aromatic carbocycles. The number of ketones is 1. The van der Waals surface area contributed by atoms with Gasteiger partial charge in [0, 0.05) is 17.7 Å². The maximum Gasteiger partial charge on any atom is 0.200 e. The standard InChI is InChI=1S/C15H11ClF2O2/c1-8-4-3-5-10(14(8)16)15(19)13-11(17)6-9(20-2)7-12(13)18/h3-7H,1-2H3. The topological polar surface area (TPSA) is 26.3 Å². The Bertz CT molecular complexity index is 661. The van der Waals surface area contributed by atoms with Crippen molar-refractivity contribution in [2.75, 3.05) is 7.11 Å². The van der Waals surface area contributed by atoms with Gasteiger partial charge >= 0.3 is 0 Å². The number of carbonyl (C=O) groups is 1.